The van der Waals surface area contributed by atoms with E-state index in [1.54, 1.807) is 18.4 Å². The van der Waals surface area contributed by atoms with Crippen LogP contribution in [-0.2, 0) is 6.54 Å². The maximum absolute atomic E-state index is 5.54. The van der Waals surface area contributed by atoms with Crippen LogP contribution in [0.25, 0.3) is 10.4 Å². The molecule has 0 fully saturated rings. The summed E-state index contributed by atoms with van der Waals surface area (Å²) in [5.41, 5.74) is 7.83. The van der Waals surface area contributed by atoms with Gasteiger partial charge in [0, 0.05) is 12.7 Å². The van der Waals surface area contributed by atoms with E-state index in [1.807, 2.05) is 25.3 Å². The summed E-state index contributed by atoms with van der Waals surface area (Å²) in [5.74, 6) is 0.910. The number of thiazole rings is 1. The fourth-order valence-electron chi connectivity index (χ4n) is 1.57. The highest BCUT2D eigenvalue weighted by atomic mass is 32.1. The summed E-state index contributed by atoms with van der Waals surface area (Å²) in [6, 6.07) is 6.12. The standard InChI is InChI=1S/C12H14N2OS/c1-8-5-9(3-4-10(8)15-2)11-7-14-12(6-13)16-11/h3-5,7H,6,13H2,1-2H3. The normalized spacial score (nSPS) is 10.4. The molecular formula is C12H14N2OS. The third kappa shape index (κ3) is 2.08. The zero-order chi connectivity index (χ0) is 11.5. The summed E-state index contributed by atoms with van der Waals surface area (Å²) in [6.45, 7) is 2.53. The molecule has 4 heteroatoms. The van der Waals surface area contributed by atoms with Gasteiger partial charge in [0.1, 0.15) is 10.8 Å². The van der Waals surface area contributed by atoms with Gasteiger partial charge in [0.2, 0.25) is 0 Å². The van der Waals surface area contributed by atoms with Crippen LogP contribution in [-0.4, -0.2) is 12.1 Å². The van der Waals surface area contributed by atoms with Crippen molar-refractivity contribution in [1.82, 2.24) is 4.98 Å². The molecule has 0 atom stereocenters. The molecule has 0 aliphatic rings. The summed E-state index contributed by atoms with van der Waals surface area (Å²) in [7, 11) is 1.68. The van der Waals surface area contributed by atoms with E-state index in [0.717, 1.165) is 26.8 Å². The van der Waals surface area contributed by atoms with Gasteiger partial charge in [-0.3, -0.25) is 0 Å². The van der Waals surface area contributed by atoms with Crippen LogP contribution in [0, 0.1) is 6.92 Å². The van der Waals surface area contributed by atoms with E-state index in [-0.39, 0.29) is 0 Å². The maximum atomic E-state index is 5.54. The molecule has 16 heavy (non-hydrogen) atoms. The molecule has 0 unspecified atom stereocenters. The number of rotatable bonds is 3. The summed E-state index contributed by atoms with van der Waals surface area (Å²) < 4.78 is 5.23. The van der Waals surface area contributed by atoms with E-state index < -0.39 is 0 Å². The number of ether oxygens (including phenoxy) is 1. The van der Waals surface area contributed by atoms with Crippen molar-refractivity contribution < 1.29 is 4.74 Å². The maximum Gasteiger partial charge on any atom is 0.121 e. The number of benzene rings is 1. The average molecular weight is 234 g/mol. The van der Waals surface area contributed by atoms with Crippen LogP contribution in [0.15, 0.2) is 24.4 Å². The van der Waals surface area contributed by atoms with Crippen LogP contribution in [0.1, 0.15) is 10.6 Å². The summed E-state index contributed by atoms with van der Waals surface area (Å²) in [6.07, 6.45) is 1.87. The third-order valence-corrected chi connectivity index (χ3v) is 3.48. The van der Waals surface area contributed by atoms with Gasteiger partial charge >= 0.3 is 0 Å². The molecule has 0 saturated carbocycles. The lowest BCUT2D eigenvalue weighted by atomic mass is 10.1. The quantitative estimate of drug-likeness (QED) is 0.888. The number of hydrogen-bond donors (Lipinski definition) is 1. The average Bonchev–Trinajstić information content (AvgIpc) is 2.77. The first-order valence-corrected chi connectivity index (χ1v) is 5.86. The molecule has 1 aromatic carbocycles. The number of hydrogen-bond acceptors (Lipinski definition) is 4. The summed E-state index contributed by atoms with van der Waals surface area (Å²) in [5, 5.41) is 0.962. The molecule has 3 nitrogen and oxygen atoms in total. The van der Waals surface area contributed by atoms with E-state index in [0.29, 0.717) is 6.54 Å². The smallest absolute Gasteiger partial charge is 0.121 e. The lowest BCUT2D eigenvalue weighted by Crippen LogP contribution is -1.93. The van der Waals surface area contributed by atoms with Gasteiger partial charge in [-0.1, -0.05) is 0 Å². The Balaban J connectivity index is 2.37. The Morgan fingerprint density at radius 2 is 2.25 bits per heavy atom. The minimum Gasteiger partial charge on any atom is -0.496 e. The van der Waals surface area contributed by atoms with Crippen LogP contribution >= 0.6 is 11.3 Å². The number of methoxy groups -OCH3 is 1. The van der Waals surface area contributed by atoms with Crippen molar-refractivity contribution in [3.8, 4) is 16.2 Å². The zero-order valence-corrected chi connectivity index (χ0v) is 10.2. The zero-order valence-electron chi connectivity index (χ0n) is 9.36. The van der Waals surface area contributed by atoms with Gasteiger partial charge in [-0.2, -0.15) is 0 Å². The Kier molecular flexibility index (Phi) is 3.22. The van der Waals surface area contributed by atoms with Crippen molar-refractivity contribution >= 4 is 11.3 Å². The second kappa shape index (κ2) is 4.63. The van der Waals surface area contributed by atoms with Crippen molar-refractivity contribution in [3.63, 3.8) is 0 Å². The molecule has 84 valence electrons. The van der Waals surface area contributed by atoms with Crippen LogP contribution in [0.4, 0.5) is 0 Å². The Bertz CT molecular complexity index is 494. The third-order valence-electron chi connectivity index (χ3n) is 2.41. The van der Waals surface area contributed by atoms with Gasteiger partial charge in [-0.15, -0.1) is 11.3 Å². The highest BCUT2D eigenvalue weighted by Crippen LogP contribution is 2.29. The van der Waals surface area contributed by atoms with Crippen LogP contribution in [0.5, 0.6) is 5.75 Å². The number of nitrogens with zero attached hydrogens (tertiary/aromatic N) is 1. The van der Waals surface area contributed by atoms with Crippen LogP contribution in [0.2, 0.25) is 0 Å². The van der Waals surface area contributed by atoms with Crippen molar-refractivity contribution in [1.29, 1.82) is 0 Å². The predicted octanol–water partition coefficient (Wildman–Crippen LogP) is 2.59. The van der Waals surface area contributed by atoms with E-state index in [9.17, 15) is 0 Å². The molecule has 1 heterocycles. The van der Waals surface area contributed by atoms with Gasteiger partial charge in [0.25, 0.3) is 0 Å². The van der Waals surface area contributed by atoms with Crippen molar-refractivity contribution in [2.45, 2.75) is 13.5 Å². The first kappa shape index (κ1) is 11.1. The molecule has 0 aliphatic carbocycles. The van der Waals surface area contributed by atoms with Crippen LogP contribution < -0.4 is 10.5 Å². The predicted molar refractivity (Wildman–Crippen MR) is 66.7 cm³/mol. The summed E-state index contributed by atoms with van der Waals surface area (Å²) >= 11 is 1.63. The second-order valence-corrected chi connectivity index (χ2v) is 4.62. The molecule has 0 bridgehead atoms. The Morgan fingerprint density at radius 3 is 2.81 bits per heavy atom. The monoisotopic (exact) mass is 234 g/mol. The molecule has 0 aliphatic heterocycles. The number of nitrogens with two attached hydrogens (primary N) is 1. The van der Waals surface area contributed by atoms with Gasteiger partial charge in [0.15, 0.2) is 0 Å². The molecule has 1 aromatic heterocycles. The Morgan fingerprint density at radius 1 is 1.44 bits per heavy atom. The molecule has 2 rings (SSSR count). The molecule has 0 saturated heterocycles. The van der Waals surface area contributed by atoms with Gasteiger partial charge in [0.05, 0.1) is 12.0 Å². The molecule has 0 radical (unpaired) electrons. The first-order valence-electron chi connectivity index (χ1n) is 5.04. The second-order valence-electron chi connectivity index (χ2n) is 3.51. The van der Waals surface area contributed by atoms with E-state index in [1.165, 1.54) is 0 Å². The van der Waals surface area contributed by atoms with E-state index in [2.05, 4.69) is 11.1 Å². The molecule has 2 N–H and O–H groups in total. The van der Waals surface area contributed by atoms with Crippen molar-refractivity contribution in [3.05, 3.63) is 35.0 Å². The fraction of sp³-hybridized carbons (Fsp3) is 0.250. The van der Waals surface area contributed by atoms with Gasteiger partial charge in [-0.05, 0) is 36.2 Å². The minimum atomic E-state index is 0.500. The first-order chi connectivity index (χ1) is 7.74. The topological polar surface area (TPSA) is 48.1 Å². The number of aromatic nitrogens is 1. The highest BCUT2D eigenvalue weighted by molar-refractivity contribution is 7.15. The lowest BCUT2D eigenvalue weighted by Gasteiger charge is -2.05. The summed E-state index contributed by atoms with van der Waals surface area (Å²) in [4.78, 5) is 5.39. The van der Waals surface area contributed by atoms with Gasteiger partial charge in [-0.25, -0.2) is 4.98 Å². The highest BCUT2D eigenvalue weighted by Gasteiger charge is 2.05. The van der Waals surface area contributed by atoms with E-state index in [4.69, 9.17) is 10.5 Å². The Hall–Kier alpha value is -1.39. The fourth-order valence-corrected chi connectivity index (χ4v) is 2.36. The number of aryl methyl sites for hydroxylation is 1. The largest absolute Gasteiger partial charge is 0.496 e. The van der Waals surface area contributed by atoms with Gasteiger partial charge < -0.3 is 10.5 Å². The molecule has 0 spiro atoms. The van der Waals surface area contributed by atoms with Crippen molar-refractivity contribution in [2.75, 3.05) is 7.11 Å². The van der Waals surface area contributed by atoms with E-state index >= 15 is 0 Å². The van der Waals surface area contributed by atoms with Crippen LogP contribution in [0.3, 0.4) is 0 Å². The SMILES string of the molecule is COc1ccc(-c2cnc(CN)s2)cc1C. The van der Waals surface area contributed by atoms with Crippen molar-refractivity contribution in [2.24, 2.45) is 5.73 Å². The molecule has 2 aromatic rings. The molecule has 0 amide bonds. The molecular weight excluding hydrogens is 220 g/mol. The minimum absolute atomic E-state index is 0.500. The lowest BCUT2D eigenvalue weighted by molar-refractivity contribution is 0.412. The Labute approximate surface area is 98.9 Å².